The number of aliphatic hydroxyl groups is 9. The second kappa shape index (κ2) is 16.1. The molecule has 3 saturated heterocycles. The van der Waals surface area contributed by atoms with Crippen LogP contribution in [0.4, 0.5) is 0 Å². The molecule has 0 bridgehead atoms. The minimum absolute atomic E-state index is 0.148. The van der Waals surface area contributed by atoms with Crippen LogP contribution >= 0.6 is 12.6 Å². The number of carbonyl (C=O) groups excluding carboxylic acids is 2. The van der Waals surface area contributed by atoms with Gasteiger partial charge in [-0.3, -0.25) is 9.59 Å². The van der Waals surface area contributed by atoms with E-state index in [0.717, 1.165) is 13.8 Å². The number of aliphatic hydroxyl groups excluding tert-OH is 9. The number of carboxylic acid groups (broad SMARTS) is 1. The second-order valence-electron chi connectivity index (χ2n) is 11.3. The number of aliphatic carboxylic acids is 1. The first-order valence-electron chi connectivity index (χ1n) is 14.2. The lowest BCUT2D eigenvalue weighted by Gasteiger charge is -2.48. The number of hydrogen-bond donors (Lipinski definition) is 13. The van der Waals surface area contributed by atoms with Crippen LogP contribution < -0.4 is 10.6 Å². The molecule has 21 heteroatoms. The van der Waals surface area contributed by atoms with Crippen LogP contribution in [0.25, 0.3) is 0 Å². The molecule has 3 rings (SSSR count). The standard InChI is InChI=1S/C25H42N2O18S/c1-7(29)26-13-9(31)3-25(24(39)40,45-21(13)15(33)10(32)4-28)41-5-11-16(34)18(36)19(37)23(43-11)44-20-12(6-46)42-22(38)14(17(20)35)27-8(2)30/h9-23,28,31-38,46H,3-6H2,1-2H3,(H,26,29)(H,27,30)(H,39,40)/t9-,10+,11+,12+,13+,14+,15+,16-,17+,18-,19+,20+,21+,22+,23+,25+/m0/s1. The molecule has 0 aromatic rings. The molecule has 16 atom stereocenters. The largest absolute Gasteiger partial charge is 0.477 e. The third-order valence-electron chi connectivity index (χ3n) is 7.87. The monoisotopic (exact) mass is 690 g/mol. The smallest absolute Gasteiger partial charge is 0.364 e. The summed E-state index contributed by atoms with van der Waals surface area (Å²) in [5.74, 6) is -6.17. The third kappa shape index (κ3) is 8.43. The summed E-state index contributed by atoms with van der Waals surface area (Å²) in [5.41, 5.74) is 0. The highest BCUT2D eigenvalue weighted by atomic mass is 32.1. The maximum atomic E-state index is 12.4. The minimum atomic E-state index is -2.82. The number of rotatable bonds is 12. The molecule has 0 aromatic carbocycles. The molecule has 0 aliphatic carbocycles. The Morgan fingerprint density at radius 3 is 2.07 bits per heavy atom. The van der Waals surface area contributed by atoms with E-state index in [1.807, 2.05) is 0 Å². The lowest BCUT2D eigenvalue weighted by atomic mass is 9.88. The Labute approximate surface area is 267 Å². The van der Waals surface area contributed by atoms with E-state index in [-0.39, 0.29) is 5.75 Å². The SMILES string of the molecule is CC(=O)N[C@@H]1[C@@H](O)[C@H](O[C@H]2O[C@H](CO[C@]3(C(=O)O)C[C@H](O)[C@@H](NC(C)=O)[C@H]([C@H](O)[C@H](O)CO)O3)[C@H](O)[C@H](O)[C@H]2O)[C@@H](CS)O[C@H]1O. The predicted octanol–water partition coefficient (Wildman–Crippen LogP) is -7.14. The lowest BCUT2D eigenvalue weighted by molar-refractivity contribution is -0.356. The van der Waals surface area contributed by atoms with Crippen LogP contribution in [0.2, 0.25) is 0 Å². The number of nitrogens with one attached hydrogen (secondary N) is 2. The van der Waals surface area contributed by atoms with E-state index in [2.05, 4.69) is 23.3 Å². The van der Waals surface area contributed by atoms with Crippen molar-refractivity contribution in [3.05, 3.63) is 0 Å². The van der Waals surface area contributed by atoms with Gasteiger partial charge in [0.15, 0.2) is 12.6 Å². The fourth-order valence-corrected chi connectivity index (χ4v) is 5.75. The lowest BCUT2D eigenvalue weighted by Crippen LogP contribution is -2.69. The zero-order valence-corrected chi connectivity index (χ0v) is 25.6. The van der Waals surface area contributed by atoms with Crippen LogP contribution in [0.5, 0.6) is 0 Å². The van der Waals surface area contributed by atoms with Gasteiger partial charge >= 0.3 is 5.97 Å². The highest BCUT2D eigenvalue weighted by molar-refractivity contribution is 7.80. The molecule has 0 spiro atoms. The molecule has 20 nitrogen and oxygen atoms in total. The summed E-state index contributed by atoms with van der Waals surface area (Å²) in [6.45, 7) is 0.237. The molecule has 0 saturated carbocycles. The van der Waals surface area contributed by atoms with Gasteiger partial charge in [0, 0.05) is 26.0 Å². The van der Waals surface area contributed by atoms with Crippen molar-refractivity contribution in [3.8, 4) is 0 Å². The molecule has 0 aromatic heterocycles. The van der Waals surface area contributed by atoms with Gasteiger partial charge in [-0.05, 0) is 0 Å². The van der Waals surface area contributed by atoms with Crippen molar-refractivity contribution in [1.29, 1.82) is 0 Å². The van der Waals surface area contributed by atoms with Gasteiger partial charge in [-0.15, -0.1) is 0 Å². The second-order valence-corrected chi connectivity index (χ2v) is 11.6. The number of amides is 2. The summed E-state index contributed by atoms with van der Waals surface area (Å²) in [6.07, 6.45) is -23.8. The maximum absolute atomic E-state index is 12.4. The Balaban J connectivity index is 1.83. The van der Waals surface area contributed by atoms with Crippen molar-refractivity contribution in [2.45, 2.75) is 118 Å². The van der Waals surface area contributed by atoms with Crippen LogP contribution in [0.3, 0.4) is 0 Å². The molecule has 3 aliphatic rings. The molecule has 12 N–H and O–H groups in total. The molecule has 3 aliphatic heterocycles. The Morgan fingerprint density at radius 2 is 1.52 bits per heavy atom. The molecular weight excluding hydrogens is 648 g/mol. The summed E-state index contributed by atoms with van der Waals surface area (Å²) < 4.78 is 27.6. The Hall–Kier alpha value is -1.80. The summed E-state index contributed by atoms with van der Waals surface area (Å²) in [4.78, 5) is 35.7. The fraction of sp³-hybridized carbons (Fsp3) is 0.880. The molecule has 46 heavy (non-hydrogen) atoms. The summed E-state index contributed by atoms with van der Waals surface area (Å²) >= 11 is 4.10. The normalized spacial score (nSPS) is 42.9. The highest BCUT2D eigenvalue weighted by Gasteiger charge is 2.57. The molecule has 0 unspecified atom stereocenters. The average molecular weight is 691 g/mol. The van der Waals surface area contributed by atoms with Gasteiger partial charge in [-0.25, -0.2) is 4.79 Å². The Kier molecular flexibility index (Phi) is 13.5. The molecule has 266 valence electrons. The van der Waals surface area contributed by atoms with Gasteiger partial charge < -0.3 is 85.4 Å². The van der Waals surface area contributed by atoms with E-state index in [0.29, 0.717) is 0 Å². The molecule has 3 fully saturated rings. The number of thiol groups is 1. The quantitative estimate of drug-likeness (QED) is 0.0846. The Morgan fingerprint density at radius 1 is 0.913 bits per heavy atom. The van der Waals surface area contributed by atoms with Gasteiger partial charge in [0.05, 0.1) is 31.5 Å². The van der Waals surface area contributed by atoms with E-state index >= 15 is 0 Å². The predicted molar refractivity (Wildman–Crippen MR) is 148 cm³/mol. The van der Waals surface area contributed by atoms with Gasteiger partial charge in [0.25, 0.3) is 5.79 Å². The number of carboxylic acids is 1. The number of ether oxygens (including phenoxy) is 5. The fourth-order valence-electron chi connectivity index (χ4n) is 5.46. The van der Waals surface area contributed by atoms with Crippen molar-refractivity contribution in [3.63, 3.8) is 0 Å². The first kappa shape index (κ1) is 38.6. The zero-order valence-electron chi connectivity index (χ0n) is 24.7. The number of carbonyl (C=O) groups is 3. The van der Waals surface area contributed by atoms with Crippen molar-refractivity contribution >= 4 is 30.4 Å². The van der Waals surface area contributed by atoms with Crippen molar-refractivity contribution in [2.24, 2.45) is 0 Å². The van der Waals surface area contributed by atoms with Crippen molar-refractivity contribution in [1.82, 2.24) is 10.6 Å². The topological polar surface area (TPSA) is 324 Å². The summed E-state index contributed by atoms with van der Waals surface area (Å²) in [7, 11) is 0. The van der Waals surface area contributed by atoms with Crippen LogP contribution in [-0.4, -0.2) is 185 Å². The van der Waals surface area contributed by atoms with Crippen molar-refractivity contribution < 1.29 is 89.1 Å². The van der Waals surface area contributed by atoms with Crippen LogP contribution in [0, 0.1) is 0 Å². The minimum Gasteiger partial charge on any atom is -0.477 e. The molecule has 0 radical (unpaired) electrons. The number of hydrogen-bond acceptors (Lipinski definition) is 18. The van der Waals surface area contributed by atoms with Crippen LogP contribution in [-0.2, 0) is 38.1 Å². The zero-order chi connectivity index (χ0) is 34.7. The average Bonchev–Trinajstić information content (AvgIpc) is 2.99. The van der Waals surface area contributed by atoms with E-state index in [1.165, 1.54) is 0 Å². The molecular formula is C25H42N2O18S. The highest BCUT2D eigenvalue weighted by Crippen LogP contribution is 2.35. The van der Waals surface area contributed by atoms with E-state index in [4.69, 9.17) is 23.7 Å². The van der Waals surface area contributed by atoms with Gasteiger partial charge in [0.2, 0.25) is 11.8 Å². The maximum Gasteiger partial charge on any atom is 0.364 e. The summed E-state index contributed by atoms with van der Waals surface area (Å²) in [6, 6.07) is -2.87. The molecule has 2 amide bonds. The third-order valence-corrected chi connectivity index (χ3v) is 8.23. The van der Waals surface area contributed by atoms with E-state index < -0.39 is 135 Å². The molecule has 3 heterocycles. The van der Waals surface area contributed by atoms with Gasteiger partial charge in [-0.1, -0.05) is 0 Å². The van der Waals surface area contributed by atoms with Crippen LogP contribution in [0.1, 0.15) is 20.3 Å². The first-order valence-corrected chi connectivity index (χ1v) is 14.8. The summed E-state index contributed by atoms with van der Waals surface area (Å²) in [5, 5.41) is 108. The van der Waals surface area contributed by atoms with E-state index in [1.54, 1.807) is 0 Å². The Bertz CT molecular complexity index is 1060. The van der Waals surface area contributed by atoms with E-state index in [9.17, 15) is 65.4 Å². The first-order chi connectivity index (χ1) is 21.5. The van der Waals surface area contributed by atoms with Gasteiger partial charge in [-0.2, -0.15) is 12.6 Å². The van der Waals surface area contributed by atoms with Crippen molar-refractivity contribution in [2.75, 3.05) is 19.0 Å². The van der Waals surface area contributed by atoms with Crippen LogP contribution in [0.15, 0.2) is 0 Å². The van der Waals surface area contributed by atoms with Gasteiger partial charge in [0.1, 0.15) is 61.0 Å².